The van der Waals surface area contributed by atoms with Crippen LogP contribution in [0.1, 0.15) is 5.56 Å². The van der Waals surface area contributed by atoms with Crippen molar-refractivity contribution in [2.45, 2.75) is 0 Å². The second-order valence-electron chi connectivity index (χ2n) is 3.38. The number of primary amides is 1. The van der Waals surface area contributed by atoms with E-state index in [0.717, 1.165) is 17.8 Å². The molecule has 0 radical (unpaired) electrons. The molecule has 0 saturated heterocycles. The van der Waals surface area contributed by atoms with Gasteiger partial charge in [-0.05, 0) is 6.07 Å². The van der Waals surface area contributed by atoms with Crippen LogP contribution >= 0.6 is 0 Å². The summed E-state index contributed by atoms with van der Waals surface area (Å²) in [4.78, 5) is 13.2. The lowest BCUT2D eigenvalue weighted by Gasteiger charge is -2.25. The first-order chi connectivity index (χ1) is 6.70. The molecule has 0 bridgehead atoms. The molecule has 2 rings (SSSR count). The van der Waals surface area contributed by atoms with Gasteiger partial charge in [0.25, 0.3) is 0 Å². The van der Waals surface area contributed by atoms with Crippen LogP contribution in [0, 0.1) is 0 Å². The minimum Gasteiger partial charge on any atom is -0.370 e. The molecule has 0 spiro atoms. The van der Waals surface area contributed by atoms with Gasteiger partial charge >= 0.3 is 0 Å². The molecule has 3 nitrogen and oxygen atoms in total. The number of amides is 1. The van der Waals surface area contributed by atoms with Gasteiger partial charge < -0.3 is 10.6 Å². The van der Waals surface area contributed by atoms with Crippen molar-refractivity contribution in [2.75, 3.05) is 18.5 Å². The number of nitrogens with two attached hydrogens (primary N) is 1. The minimum absolute atomic E-state index is 0.356. The zero-order valence-electron chi connectivity index (χ0n) is 8.03. The summed E-state index contributed by atoms with van der Waals surface area (Å²) in [6.07, 6.45) is 1.87. The van der Waals surface area contributed by atoms with Crippen LogP contribution in [0.25, 0.3) is 5.57 Å². The molecule has 0 aliphatic carbocycles. The van der Waals surface area contributed by atoms with Gasteiger partial charge in [-0.3, -0.25) is 4.79 Å². The lowest BCUT2D eigenvalue weighted by atomic mass is 9.99. The number of nitrogens with zero attached hydrogens (tertiary/aromatic N) is 1. The van der Waals surface area contributed by atoms with Crippen LogP contribution < -0.4 is 10.6 Å². The zero-order valence-corrected chi connectivity index (χ0v) is 8.03. The van der Waals surface area contributed by atoms with Crippen molar-refractivity contribution in [3.8, 4) is 0 Å². The minimum atomic E-state index is -0.356. The van der Waals surface area contributed by atoms with Gasteiger partial charge in [-0.25, -0.2) is 0 Å². The number of para-hydroxylation sites is 1. The predicted octanol–water partition coefficient (Wildman–Crippen LogP) is 1.01. The van der Waals surface area contributed by atoms with Crippen molar-refractivity contribution in [3.05, 3.63) is 35.9 Å². The third kappa shape index (κ3) is 1.27. The van der Waals surface area contributed by atoms with E-state index < -0.39 is 0 Å². The number of carbonyl (C=O) groups is 1. The molecule has 14 heavy (non-hydrogen) atoms. The summed E-state index contributed by atoms with van der Waals surface area (Å²) in [5, 5.41) is 0. The van der Waals surface area contributed by atoms with Gasteiger partial charge in [0.1, 0.15) is 0 Å². The van der Waals surface area contributed by atoms with E-state index in [4.69, 9.17) is 5.73 Å². The van der Waals surface area contributed by atoms with E-state index in [9.17, 15) is 4.79 Å². The van der Waals surface area contributed by atoms with Crippen molar-refractivity contribution in [1.29, 1.82) is 0 Å². The predicted molar refractivity (Wildman–Crippen MR) is 56.9 cm³/mol. The second-order valence-corrected chi connectivity index (χ2v) is 3.38. The summed E-state index contributed by atoms with van der Waals surface area (Å²) in [5.41, 5.74) is 7.91. The van der Waals surface area contributed by atoms with E-state index in [1.54, 1.807) is 0 Å². The Bertz CT molecular complexity index is 410. The normalized spacial score (nSPS) is 14.6. The van der Waals surface area contributed by atoms with E-state index in [1.807, 2.05) is 37.4 Å². The Kier molecular flexibility index (Phi) is 2.00. The Labute approximate surface area is 82.8 Å². The lowest BCUT2D eigenvalue weighted by Crippen LogP contribution is -2.25. The summed E-state index contributed by atoms with van der Waals surface area (Å²) in [6.45, 7) is 0.731. The highest BCUT2D eigenvalue weighted by molar-refractivity contribution is 6.20. The molecular weight excluding hydrogens is 176 g/mol. The fraction of sp³-hybridized carbons (Fsp3) is 0.182. The van der Waals surface area contributed by atoms with E-state index in [2.05, 4.69) is 4.90 Å². The molecule has 0 saturated carbocycles. The monoisotopic (exact) mass is 188 g/mol. The summed E-state index contributed by atoms with van der Waals surface area (Å²) < 4.78 is 0. The summed E-state index contributed by atoms with van der Waals surface area (Å²) in [7, 11) is 1.99. The highest BCUT2D eigenvalue weighted by Gasteiger charge is 2.18. The molecule has 72 valence electrons. The van der Waals surface area contributed by atoms with E-state index in [1.165, 1.54) is 0 Å². The Morgan fingerprint density at radius 2 is 2.14 bits per heavy atom. The highest BCUT2D eigenvalue weighted by Crippen LogP contribution is 2.29. The number of likely N-dealkylation sites (N-methyl/N-ethyl adjacent to an activating group) is 1. The molecule has 0 atom stereocenters. The largest absolute Gasteiger partial charge is 0.370 e. The van der Waals surface area contributed by atoms with Gasteiger partial charge in [0, 0.05) is 30.4 Å². The smallest absolute Gasteiger partial charge is 0.249 e. The van der Waals surface area contributed by atoms with Crippen LogP contribution in [0.4, 0.5) is 5.69 Å². The van der Waals surface area contributed by atoms with Gasteiger partial charge in [0.15, 0.2) is 0 Å². The first kappa shape index (κ1) is 8.81. The van der Waals surface area contributed by atoms with E-state index in [-0.39, 0.29) is 5.91 Å². The second kappa shape index (κ2) is 3.18. The number of fused-ring (bicyclic) bond motifs is 1. The zero-order chi connectivity index (χ0) is 10.1. The van der Waals surface area contributed by atoms with E-state index in [0.29, 0.717) is 5.57 Å². The Morgan fingerprint density at radius 1 is 1.43 bits per heavy atom. The summed E-state index contributed by atoms with van der Waals surface area (Å²) >= 11 is 0. The van der Waals surface area contributed by atoms with Crippen molar-refractivity contribution in [3.63, 3.8) is 0 Å². The quantitative estimate of drug-likeness (QED) is 0.714. The number of carbonyl (C=O) groups excluding carboxylic acids is 1. The molecule has 1 aromatic rings. The van der Waals surface area contributed by atoms with Crippen LogP contribution in [-0.2, 0) is 4.79 Å². The molecule has 0 fully saturated rings. The molecule has 0 aromatic heterocycles. The van der Waals surface area contributed by atoms with Crippen LogP contribution in [0.15, 0.2) is 30.3 Å². The molecule has 0 unspecified atom stereocenters. The topological polar surface area (TPSA) is 46.3 Å². The fourth-order valence-electron chi connectivity index (χ4n) is 1.70. The maximum Gasteiger partial charge on any atom is 0.249 e. The standard InChI is InChI=1S/C11H12N2O/c1-13-7-6-9(11(12)14)8-4-2-3-5-10(8)13/h2-6H,7H2,1H3,(H2,12,14). The van der Waals surface area contributed by atoms with Crippen molar-refractivity contribution >= 4 is 17.2 Å². The SMILES string of the molecule is CN1CC=C(C(N)=O)c2ccccc21. The fourth-order valence-corrected chi connectivity index (χ4v) is 1.70. The first-order valence-electron chi connectivity index (χ1n) is 4.50. The van der Waals surface area contributed by atoms with E-state index >= 15 is 0 Å². The average molecular weight is 188 g/mol. The number of hydrogen-bond acceptors (Lipinski definition) is 2. The lowest BCUT2D eigenvalue weighted by molar-refractivity contribution is -0.112. The third-order valence-corrected chi connectivity index (χ3v) is 2.44. The Morgan fingerprint density at radius 3 is 2.86 bits per heavy atom. The summed E-state index contributed by atoms with van der Waals surface area (Å²) in [5.74, 6) is -0.356. The van der Waals surface area contributed by atoms with Crippen molar-refractivity contribution in [1.82, 2.24) is 0 Å². The van der Waals surface area contributed by atoms with Crippen LogP contribution in [-0.4, -0.2) is 19.5 Å². The molecule has 1 heterocycles. The highest BCUT2D eigenvalue weighted by atomic mass is 16.1. The average Bonchev–Trinajstić information content (AvgIpc) is 2.18. The molecule has 1 amide bonds. The van der Waals surface area contributed by atoms with Gasteiger partial charge in [-0.1, -0.05) is 24.3 Å². The van der Waals surface area contributed by atoms with Crippen molar-refractivity contribution in [2.24, 2.45) is 5.73 Å². The summed E-state index contributed by atoms with van der Waals surface area (Å²) in [6, 6.07) is 7.78. The van der Waals surface area contributed by atoms with Crippen LogP contribution in [0.3, 0.4) is 0 Å². The van der Waals surface area contributed by atoms with Crippen molar-refractivity contribution < 1.29 is 4.79 Å². The molecule has 1 aliphatic heterocycles. The Hall–Kier alpha value is -1.77. The number of rotatable bonds is 1. The first-order valence-corrected chi connectivity index (χ1v) is 4.50. The van der Waals surface area contributed by atoms with Gasteiger partial charge in [0.05, 0.1) is 0 Å². The number of hydrogen-bond donors (Lipinski definition) is 1. The Balaban J connectivity index is 2.56. The van der Waals surface area contributed by atoms with Gasteiger partial charge in [0.2, 0.25) is 5.91 Å². The number of anilines is 1. The number of benzene rings is 1. The maximum atomic E-state index is 11.2. The molecule has 2 N–H and O–H groups in total. The molecular formula is C11H12N2O. The van der Waals surface area contributed by atoms with Crippen LogP contribution in [0.2, 0.25) is 0 Å². The van der Waals surface area contributed by atoms with Gasteiger partial charge in [-0.15, -0.1) is 0 Å². The van der Waals surface area contributed by atoms with Crippen LogP contribution in [0.5, 0.6) is 0 Å². The maximum absolute atomic E-state index is 11.2. The molecule has 3 heteroatoms. The third-order valence-electron chi connectivity index (χ3n) is 2.44. The molecule has 1 aromatic carbocycles. The van der Waals surface area contributed by atoms with Gasteiger partial charge in [-0.2, -0.15) is 0 Å². The molecule has 1 aliphatic rings.